The van der Waals surface area contributed by atoms with Crippen molar-refractivity contribution in [3.63, 3.8) is 0 Å². The highest BCUT2D eigenvalue weighted by Crippen LogP contribution is 2.18. The zero-order valence-corrected chi connectivity index (χ0v) is 10.7. The fourth-order valence-corrected chi connectivity index (χ4v) is 2.21. The molecular weight excluding hydrogens is 206 g/mol. The SMILES string of the molecule is CCNC(=S)NCCC1CCN(C)CC1. The second kappa shape index (κ2) is 7.01. The van der Waals surface area contributed by atoms with Crippen LogP contribution in [0.15, 0.2) is 0 Å². The Bertz CT molecular complexity index is 188. The number of hydrogen-bond donors (Lipinski definition) is 2. The highest BCUT2D eigenvalue weighted by molar-refractivity contribution is 7.80. The molecule has 0 amide bonds. The molecule has 0 bridgehead atoms. The van der Waals surface area contributed by atoms with Crippen LogP contribution in [0.1, 0.15) is 26.2 Å². The number of thiocarbonyl (C=S) groups is 1. The van der Waals surface area contributed by atoms with Crippen LogP contribution in [0.25, 0.3) is 0 Å². The normalized spacial score (nSPS) is 18.8. The van der Waals surface area contributed by atoms with Gasteiger partial charge in [0.2, 0.25) is 0 Å². The summed E-state index contributed by atoms with van der Waals surface area (Å²) in [6.45, 7) is 6.48. The summed E-state index contributed by atoms with van der Waals surface area (Å²) < 4.78 is 0. The van der Waals surface area contributed by atoms with Crippen molar-refractivity contribution in [3.8, 4) is 0 Å². The van der Waals surface area contributed by atoms with Crippen LogP contribution in [0.3, 0.4) is 0 Å². The molecule has 2 N–H and O–H groups in total. The first-order valence-corrected chi connectivity index (χ1v) is 6.33. The summed E-state index contributed by atoms with van der Waals surface area (Å²) in [4.78, 5) is 2.41. The molecule has 3 nitrogen and oxygen atoms in total. The Kier molecular flexibility index (Phi) is 5.95. The van der Waals surface area contributed by atoms with E-state index in [-0.39, 0.29) is 0 Å². The number of likely N-dealkylation sites (tertiary alicyclic amines) is 1. The lowest BCUT2D eigenvalue weighted by Gasteiger charge is -2.29. The van der Waals surface area contributed by atoms with Crippen molar-refractivity contribution in [2.45, 2.75) is 26.2 Å². The molecule has 1 saturated heterocycles. The van der Waals surface area contributed by atoms with Gasteiger partial charge in [0.15, 0.2) is 5.11 Å². The van der Waals surface area contributed by atoms with Gasteiger partial charge in [0.05, 0.1) is 0 Å². The molecule has 0 unspecified atom stereocenters. The van der Waals surface area contributed by atoms with Gasteiger partial charge in [0.25, 0.3) is 0 Å². The molecule has 0 spiro atoms. The topological polar surface area (TPSA) is 27.3 Å². The molecule has 1 aliphatic rings. The number of piperidine rings is 1. The number of rotatable bonds is 4. The predicted molar refractivity (Wildman–Crippen MR) is 69.1 cm³/mol. The first-order valence-electron chi connectivity index (χ1n) is 5.92. The van der Waals surface area contributed by atoms with Crippen molar-refractivity contribution in [2.24, 2.45) is 5.92 Å². The number of hydrogen-bond acceptors (Lipinski definition) is 2. The maximum atomic E-state index is 5.11. The lowest BCUT2D eigenvalue weighted by Crippen LogP contribution is -2.37. The summed E-state index contributed by atoms with van der Waals surface area (Å²) in [5.74, 6) is 0.887. The van der Waals surface area contributed by atoms with E-state index in [1.54, 1.807) is 0 Å². The minimum Gasteiger partial charge on any atom is -0.363 e. The number of nitrogens with one attached hydrogen (secondary N) is 2. The minimum atomic E-state index is 0.797. The van der Waals surface area contributed by atoms with Crippen molar-refractivity contribution >= 4 is 17.3 Å². The van der Waals surface area contributed by atoms with E-state index >= 15 is 0 Å². The fourth-order valence-electron chi connectivity index (χ4n) is 1.96. The molecule has 1 heterocycles. The Morgan fingerprint density at radius 2 is 2.00 bits per heavy atom. The van der Waals surface area contributed by atoms with Crippen molar-refractivity contribution in [1.29, 1.82) is 0 Å². The van der Waals surface area contributed by atoms with E-state index in [1.807, 2.05) is 0 Å². The van der Waals surface area contributed by atoms with Crippen molar-refractivity contribution < 1.29 is 0 Å². The van der Waals surface area contributed by atoms with Crippen LogP contribution in [0.4, 0.5) is 0 Å². The fraction of sp³-hybridized carbons (Fsp3) is 0.909. The molecule has 0 saturated carbocycles. The lowest BCUT2D eigenvalue weighted by molar-refractivity contribution is 0.213. The zero-order chi connectivity index (χ0) is 11.1. The van der Waals surface area contributed by atoms with Gasteiger partial charge in [-0.3, -0.25) is 0 Å². The van der Waals surface area contributed by atoms with E-state index in [1.165, 1.54) is 32.4 Å². The Hall–Kier alpha value is -0.350. The lowest BCUT2D eigenvalue weighted by atomic mass is 9.94. The third kappa shape index (κ3) is 5.33. The van der Waals surface area contributed by atoms with E-state index in [9.17, 15) is 0 Å². The molecular formula is C11H23N3S. The molecule has 88 valence electrons. The summed E-state index contributed by atoms with van der Waals surface area (Å²) in [6, 6.07) is 0. The van der Waals surface area contributed by atoms with Gasteiger partial charge in [0, 0.05) is 13.1 Å². The summed E-state index contributed by atoms with van der Waals surface area (Å²) in [5.41, 5.74) is 0. The summed E-state index contributed by atoms with van der Waals surface area (Å²) in [6.07, 6.45) is 3.93. The molecule has 4 heteroatoms. The molecule has 0 aromatic rings. The largest absolute Gasteiger partial charge is 0.363 e. The van der Waals surface area contributed by atoms with E-state index in [0.29, 0.717) is 0 Å². The van der Waals surface area contributed by atoms with Gasteiger partial charge in [-0.15, -0.1) is 0 Å². The average molecular weight is 229 g/mol. The summed E-state index contributed by atoms with van der Waals surface area (Å²) in [5, 5.41) is 7.15. The van der Waals surface area contributed by atoms with Gasteiger partial charge in [0.1, 0.15) is 0 Å². The minimum absolute atomic E-state index is 0.797. The van der Waals surface area contributed by atoms with Crippen LogP contribution in [-0.4, -0.2) is 43.2 Å². The van der Waals surface area contributed by atoms with Crippen LogP contribution in [0.2, 0.25) is 0 Å². The van der Waals surface area contributed by atoms with Crippen LogP contribution >= 0.6 is 12.2 Å². The van der Waals surface area contributed by atoms with Gasteiger partial charge >= 0.3 is 0 Å². The van der Waals surface area contributed by atoms with E-state index in [0.717, 1.165) is 24.1 Å². The maximum absolute atomic E-state index is 5.11. The second-order valence-electron chi connectivity index (χ2n) is 4.32. The molecule has 0 atom stereocenters. The van der Waals surface area contributed by atoms with Crippen molar-refractivity contribution in [3.05, 3.63) is 0 Å². The third-order valence-electron chi connectivity index (χ3n) is 3.01. The molecule has 15 heavy (non-hydrogen) atoms. The highest BCUT2D eigenvalue weighted by atomic mass is 32.1. The molecule has 0 radical (unpaired) electrons. The van der Waals surface area contributed by atoms with E-state index in [2.05, 4.69) is 29.5 Å². The standard InChI is InChI=1S/C11H23N3S/c1-3-12-11(15)13-7-4-10-5-8-14(2)9-6-10/h10H,3-9H2,1-2H3,(H2,12,13,15). The van der Waals surface area contributed by atoms with Gasteiger partial charge in [-0.05, 0) is 64.5 Å². The highest BCUT2D eigenvalue weighted by Gasteiger charge is 2.15. The van der Waals surface area contributed by atoms with Gasteiger partial charge in [-0.2, -0.15) is 0 Å². The van der Waals surface area contributed by atoms with E-state index in [4.69, 9.17) is 12.2 Å². The van der Waals surface area contributed by atoms with Crippen LogP contribution in [-0.2, 0) is 0 Å². The molecule has 1 rings (SSSR count). The molecule has 1 aliphatic heterocycles. The Morgan fingerprint density at radius 1 is 1.33 bits per heavy atom. The van der Waals surface area contributed by atoms with E-state index < -0.39 is 0 Å². The van der Waals surface area contributed by atoms with Crippen molar-refractivity contribution in [2.75, 3.05) is 33.2 Å². The van der Waals surface area contributed by atoms with Crippen LogP contribution in [0.5, 0.6) is 0 Å². The third-order valence-corrected chi connectivity index (χ3v) is 3.30. The van der Waals surface area contributed by atoms with Crippen LogP contribution in [0, 0.1) is 5.92 Å². The predicted octanol–water partition coefficient (Wildman–Crippen LogP) is 1.20. The van der Waals surface area contributed by atoms with Gasteiger partial charge in [-0.1, -0.05) is 0 Å². The van der Waals surface area contributed by atoms with Gasteiger partial charge in [-0.25, -0.2) is 0 Å². The Morgan fingerprint density at radius 3 is 2.60 bits per heavy atom. The second-order valence-corrected chi connectivity index (χ2v) is 4.73. The smallest absolute Gasteiger partial charge is 0.166 e. The van der Waals surface area contributed by atoms with Crippen molar-refractivity contribution in [1.82, 2.24) is 15.5 Å². The first-order chi connectivity index (χ1) is 7.22. The molecule has 0 aliphatic carbocycles. The average Bonchev–Trinajstić information content (AvgIpc) is 2.21. The summed E-state index contributed by atoms with van der Waals surface area (Å²) in [7, 11) is 2.20. The molecule has 0 aromatic heterocycles. The Labute approximate surface area is 98.6 Å². The number of nitrogens with zero attached hydrogens (tertiary/aromatic N) is 1. The maximum Gasteiger partial charge on any atom is 0.166 e. The molecule has 0 aromatic carbocycles. The quantitative estimate of drug-likeness (QED) is 0.709. The Balaban J connectivity index is 2.02. The zero-order valence-electron chi connectivity index (χ0n) is 9.88. The van der Waals surface area contributed by atoms with Gasteiger partial charge < -0.3 is 15.5 Å². The molecule has 1 fully saturated rings. The van der Waals surface area contributed by atoms with Crippen LogP contribution < -0.4 is 10.6 Å². The monoisotopic (exact) mass is 229 g/mol. The first kappa shape index (κ1) is 12.7. The summed E-state index contributed by atoms with van der Waals surface area (Å²) >= 11 is 5.11.